The molecule has 19 heavy (non-hydrogen) atoms. The zero-order valence-electron chi connectivity index (χ0n) is 10.1. The van der Waals surface area contributed by atoms with E-state index < -0.39 is 17.2 Å². The van der Waals surface area contributed by atoms with Crippen LogP contribution in [0.15, 0.2) is 6.20 Å². The van der Waals surface area contributed by atoms with Crippen molar-refractivity contribution in [1.82, 2.24) is 15.4 Å². The number of hydrogen-bond acceptors (Lipinski definition) is 6. The molecule has 1 atom stereocenters. The van der Waals surface area contributed by atoms with Crippen LogP contribution in [0.25, 0.3) is 0 Å². The Kier molecular flexibility index (Phi) is 3.90. The zero-order chi connectivity index (χ0) is 14.2. The second-order valence-corrected chi connectivity index (χ2v) is 6.14. The predicted octanol–water partition coefficient (Wildman–Crippen LogP) is 2.79. The summed E-state index contributed by atoms with van der Waals surface area (Å²) in [6, 6.07) is -0.514. The summed E-state index contributed by atoms with van der Waals surface area (Å²) in [6.45, 7) is 3.64. The van der Waals surface area contributed by atoms with Crippen molar-refractivity contribution in [1.29, 1.82) is 0 Å². The Hall–Kier alpha value is -1.03. The van der Waals surface area contributed by atoms with Gasteiger partial charge in [0.25, 0.3) is 0 Å². The molecule has 0 spiro atoms. The summed E-state index contributed by atoms with van der Waals surface area (Å²) < 4.78 is 37.6. The number of nitrogens with zero attached hydrogens (tertiary/aromatic N) is 2. The molecular formula is C10H11F3N4S2. The van der Waals surface area contributed by atoms with Crippen molar-refractivity contribution in [2.45, 2.75) is 26.1 Å². The molecule has 0 fully saturated rings. The van der Waals surface area contributed by atoms with Crippen LogP contribution < -0.4 is 11.3 Å². The minimum Gasteiger partial charge on any atom is -0.271 e. The van der Waals surface area contributed by atoms with E-state index >= 15 is 0 Å². The van der Waals surface area contributed by atoms with Crippen LogP contribution in [0.5, 0.6) is 0 Å². The van der Waals surface area contributed by atoms with E-state index in [2.05, 4.69) is 15.4 Å². The molecule has 9 heteroatoms. The average molecular weight is 308 g/mol. The van der Waals surface area contributed by atoms with Gasteiger partial charge in [-0.25, -0.2) is 15.4 Å². The van der Waals surface area contributed by atoms with Crippen molar-refractivity contribution in [3.63, 3.8) is 0 Å². The molecule has 3 N–H and O–H groups in total. The number of aromatic nitrogens is 2. The number of nitrogens with two attached hydrogens (primary N) is 1. The van der Waals surface area contributed by atoms with E-state index in [0.29, 0.717) is 16.2 Å². The third-order valence-electron chi connectivity index (χ3n) is 2.42. The SMILES string of the molecule is Cc1nc(C)c(C(NN)c2cnc(C(F)(F)F)s2)s1. The summed E-state index contributed by atoms with van der Waals surface area (Å²) in [5.74, 6) is 5.46. The Labute approximate surface area is 115 Å². The van der Waals surface area contributed by atoms with Crippen molar-refractivity contribution in [3.05, 3.63) is 31.7 Å². The first-order valence-corrected chi connectivity index (χ1v) is 6.89. The minimum absolute atomic E-state index is 0.418. The van der Waals surface area contributed by atoms with Gasteiger partial charge in [0.1, 0.15) is 0 Å². The Morgan fingerprint density at radius 2 is 2.00 bits per heavy atom. The van der Waals surface area contributed by atoms with Gasteiger partial charge in [0.05, 0.1) is 21.6 Å². The summed E-state index contributed by atoms with van der Waals surface area (Å²) >= 11 is 1.99. The third-order valence-corrected chi connectivity index (χ3v) is 4.66. The first kappa shape index (κ1) is 14.4. The van der Waals surface area contributed by atoms with Gasteiger partial charge >= 0.3 is 6.18 Å². The lowest BCUT2D eigenvalue weighted by molar-refractivity contribution is -0.137. The number of nitrogens with one attached hydrogen (secondary N) is 1. The van der Waals surface area contributed by atoms with Crippen LogP contribution >= 0.6 is 22.7 Å². The van der Waals surface area contributed by atoms with Gasteiger partial charge in [0.2, 0.25) is 0 Å². The molecule has 2 heterocycles. The smallest absolute Gasteiger partial charge is 0.271 e. The van der Waals surface area contributed by atoms with Crippen LogP contribution in [0.4, 0.5) is 13.2 Å². The van der Waals surface area contributed by atoms with Gasteiger partial charge in [0.15, 0.2) is 5.01 Å². The molecular weight excluding hydrogens is 297 g/mol. The Morgan fingerprint density at radius 3 is 2.42 bits per heavy atom. The van der Waals surface area contributed by atoms with Crippen molar-refractivity contribution in [3.8, 4) is 0 Å². The lowest BCUT2D eigenvalue weighted by atomic mass is 10.2. The van der Waals surface area contributed by atoms with Gasteiger partial charge in [-0.3, -0.25) is 5.84 Å². The first-order valence-electron chi connectivity index (χ1n) is 5.26. The predicted molar refractivity (Wildman–Crippen MR) is 67.9 cm³/mol. The van der Waals surface area contributed by atoms with E-state index in [4.69, 9.17) is 5.84 Å². The van der Waals surface area contributed by atoms with Crippen molar-refractivity contribution >= 4 is 22.7 Å². The molecule has 0 saturated carbocycles. The lowest BCUT2D eigenvalue weighted by Gasteiger charge is -2.12. The summed E-state index contributed by atoms with van der Waals surface area (Å²) in [6.07, 6.45) is -3.23. The lowest BCUT2D eigenvalue weighted by Crippen LogP contribution is -2.28. The van der Waals surface area contributed by atoms with E-state index in [1.165, 1.54) is 17.5 Å². The quantitative estimate of drug-likeness (QED) is 0.676. The van der Waals surface area contributed by atoms with Crippen LogP contribution in [-0.4, -0.2) is 9.97 Å². The average Bonchev–Trinajstić information content (AvgIpc) is 2.87. The van der Waals surface area contributed by atoms with E-state index in [1.54, 1.807) is 6.92 Å². The van der Waals surface area contributed by atoms with E-state index in [1.807, 2.05) is 6.92 Å². The molecule has 0 radical (unpaired) electrons. The number of hydrogen-bond donors (Lipinski definition) is 2. The number of thiazole rings is 2. The molecule has 104 valence electrons. The van der Waals surface area contributed by atoms with Crippen molar-refractivity contribution in [2.75, 3.05) is 0 Å². The zero-order valence-corrected chi connectivity index (χ0v) is 11.7. The Morgan fingerprint density at radius 1 is 1.32 bits per heavy atom. The molecule has 0 aliphatic carbocycles. The monoisotopic (exact) mass is 308 g/mol. The normalized spacial score (nSPS) is 13.8. The molecule has 0 aliphatic rings. The number of rotatable bonds is 3. The Bertz CT molecular complexity index is 576. The fraction of sp³-hybridized carbons (Fsp3) is 0.400. The van der Waals surface area contributed by atoms with Crippen molar-refractivity contribution < 1.29 is 13.2 Å². The van der Waals surface area contributed by atoms with Gasteiger partial charge in [-0.1, -0.05) is 0 Å². The van der Waals surface area contributed by atoms with Gasteiger partial charge < -0.3 is 0 Å². The maximum atomic E-state index is 12.5. The van der Waals surface area contributed by atoms with Crippen molar-refractivity contribution in [2.24, 2.45) is 5.84 Å². The molecule has 2 aromatic rings. The number of alkyl halides is 3. The highest BCUT2D eigenvalue weighted by atomic mass is 32.1. The van der Waals surface area contributed by atoms with Gasteiger partial charge in [0, 0.05) is 11.1 Å². The maximum Gasteiger partial charge on any atom is 0.443 e. The Balaban J connectivity index is 2.38. The molecule has 2 rings (SSSR count). The first-order chi connectivity index (χ1) is 8.82. The topological polar surface area (TPSA) is 63.8 Å². The summed E-state index contributed by atoms with van der Waals surface area (Å²) in [5, 5.41) is -0.0325. The van der Waals surface area contributed by atoms with E-state index in [0.717, 1.165) is 15.6 Å². The van der Waals surface area contributed by atoms with Crippen LogP contribution in [-0.2, 0) is 6.18 Å². The molecule has 0 saturated heterocycles. The third kappa shape index (κ3) is 2.94. The van der Waals surface area contributed by atoms with Gasteiger partial charge in [-0.05, 0) is 13.8 Å². The minimum atomic E-state index is -4.43. The van der Waals surface area contributed by atoms with Gasteiger partial charge in [-0.2, -0.15) is 13.2 Å². The second kappa shape index (κ2) is 5.16. The molecule has 0 bridgehead atoms. The molecule has 1 unspecified atom stereocenters. The van der Waals surface area contributed by atoms with E-state index in [9.17, 15) is 13.2 Å². The highest BCUT2D eigenvalue weighted by Crippen LogP contribution is 2.37. The fourth-order valence-electron chi connectivity index (χ4n) is 1.65. The highest BCUT2D eigenvalue weighted by Gasteiger charge is 2.35. The van der Waals surface area contributed by atoms with Crippen LogP contribution in [0, 0.1) is 13.8 Å². The van der Waals surface area contributed by atoms with Crippen LogP contribution in [0.3, 0.4) is 0 Å². The maximum absolute atomic E-state index is 12.5. The standard InChI is InChI=1S/C10H11F3N4S2/c1-4-8(18-5(2)16-4)7(17-14)6-3-15-9(19-6)10(11,12)13/h3,7,17H,14H2,1-2H3. The van der Waals surface area contributed by atoms with E-state index in [-0.39, 0.29) is 0 Å². The highest BCUT2D eigenvalue weighted by molar-refractivity contribution is 7.13. The fourth-order valence-corrected chi connectivity index (χ4v) is 3.59. The summed E-state index contributed by atoms with van der Waals surface area (Å²) in [7, 11) is 0. The van der Waals surface area contributed by atoms with Gasteiger partial charge in [-0.15, -0.1) is 22.7 Å². The number of aryl methyl sites for hydroxylation is 2. The molecule has 2 aromatic heterocycles. The largest absolute Gasteiger partial charge is 0.443 e. The number of hydrazine groups is 1. The number of halogens is 3. The van der Waals surface area contributed by atoms with Crippen LogP contribution in [0.1, 0.15) is 31.5 Å². The molecule has 0 aromatic carbocycles. The molecule has 4 nitrogen and oxygen atoms in total. The molecule has 0 amide bonds. The summed E-state index contributed by atoms with van der Waals surface area (Å²) in [4.78, 5) is 8.87. The van der Waals surface area contributed by atoms with Crippen LogP contribution in [0.2, 0.25) is 0 Å². The second-order valence-electron chi connectivity index (χ2n) is 3.85. The summed E-state index contributed by atoms with van der Waals surface area (Å²) in [5.41, 5.74) is 3.28. The molecule has 0 aliphatic heterocycles.